The highest BCUT2D eigenvalue weighted by Gasteiger charge is 2.31. The molecule has 35 heavy (non-hydrogen) atoms. The summed E-state index contributed by atoms with van der Waals surface area (Å²) in [5.41, 5.74) is 2.21. The number of carbonyl (C=O) groups is 2. The van der Waals surface area contributed by atoms with Crippen molar-refractivity contribution >= 4 is 44.1 Å². The van der Waals surface area contributed by atoms with Gasteiger partial charge < -0.3 is 20.5 Å². The summed E-state index contributed by atoms with van der Waals surface area (Å²) in [6.45, 7) is 2.33. The predicted octanol–water partition coefficient (Wildman–Crippen LogP) is 1.66. The van der Waals surface area contributed by atoms with Crippen LogP contribution in [0.2, 0.25) is 0 Å². The van der Waals surface area contributed by atoms with Gasteiger partial charge in [0.1, 0.15) is 6.04 Å². The fourth-order valence-corrected chi connectivity index (χ4v) is 5.12. The Labute approximate surface area is 203 Å². The maximum Gasteiger partial charge on any atom is 0.257 e. The van der Waals surface area contributed by atoms with E-state index < -0.39 is 22.0 Å². The van der Waals surface area contributed by atoms with Gasteiger partial charge in [-0.1, -0.05) is 0 Å². The lowest BCUT2D eigenvalue weighted by Gasteiger charge is -2.27. The van der Waals surface area contributed by atoms with Crippen molar-refractivity contribution in [3.05, 3.63) is 63.9 Å². The average molecular weight is 498 g/mol. The van der Waals surface area contributed by atoms with E-state index in [1.165, 1.54) is 32.3 Å². The van der Waals surface area contributed by atoms with Crippen molar-refractivity contribution in [1.29, 1.82) is 0 Å². The summed E-state index contributed by atoms with van der Waals surface area (Å²) in [5, 5.41) is 6.38. The number of nitrogens with one attached hydrogen (secondary N) is 3. The van der Waals surface area contributed by atoms with E-state index in [1.54, 1.807) is 43.1 Å². The number of rotatable bonds is 6. The molecule has 0 radical (unpaired) electrons. The maximum absolute atomic E-state index is 13.5. The topological polar surface area (TPSA) is 132 Å². The lowest BCUT2D eigenvalue weighted by atomic mass is 10.1. The van der Waals surface area contributed by atoms with E-state index in [4.69, 9.17) is 0 Å². The number of benzene rings is 2. The van der Waals surface area contributed by atoms with E-state index in [-0.39, 0.29) is 21.9 Å². The number of H-pyrrole nitrogens is 1. The molecule has 1 unspecified atom stereocenters. The Balaban J connectivity index is 1.76. The Hall–Kier alpha value is -3.70. The third kappa shape index (κ3) is 4.64. The van der Waals surface area contributed by atoms with Crippen LogP contribution in [-0.4, -0.2) is 63.3 Å². The van der Waals surface area contributed by atoms with Crippen LogP contribution in [0, 0.1) is 6.92 Å². The van der Waals surface area contributed by atoms with Gasteiger partial charge in [0.2, 0.25) is 21.5 Å². The first kappa shape index (κ1) is 24.4. The van der Waals surface area contributed by atoms with Gasteiger partial charge in [0.05, 0.1) is 16.1 Å². The molecule has 4 rings (SSSR count). The molecule has 2 aromatic carbocycles. The number of aromatic nitrogens is 1. The Morgan fingerprint density at radius 1 is 1.06 bits per heavy atom. The van der Waals surface area contributed by atoms with Crippen molar-refractivity contribution in [3.8, 4) is 0 Å². The number of hydrogen-bond donors (Lipinski definition) is 3. The van der Waals surface area contributed by atoms with Crippen LogP contribution in [0.15, 0.2) is 52.2 Å². The number of aryl methyl sites for hydroxylation is 1. The minimum atomic E-state index is -3.79. The minimum Gasteiger partial charge on any atom is -0.362 e. The van der Waals surface area contributed by atoms with Crippen molar-refractivity contribution < 1.29 is 18.0 Å². The minimum absolute atomic E-state index is 0.0346. The number of amides is 2. The molecule has 1 atom stereocenters. The van der Waals surface area contributed by atoms with Gasteiger partial charge in [-0.15, -0.1) is 0 Å². The number of fused-ring (bicyclic) bond motifs is 1. The zero-order valence-corrected chi connectivity index (χ0v) is 20.7. The van der Waals surface area contributed by atoms with E-state index in [0.717, 1.165) is 15.3 Å². The van der Waals surface area contributed by atoms with Gasteiger partial charge in [0.25, 0.3) is 5.91 Å². The molecule has 3 aromatic rings. The summed E-state index contributed by atoms with van der Waals surface area (Å²) in [5.74, 6) is -0.676. The molecule has 11 heteroatoms. The number of hydrogen-bond acceptors (Lipinski definition) is 6. The van der Waals surface area contributed by atoms with Crippen molar-refractivity contribution in [2.24, 2.45) is 0 Å². The number of nitrogens with zero attached hydrogens (tertiary/aromatic N) is 2. The lowest BCUT2D eigenvalue weighted by molar-refractivity contribution is -0.120. The second-order valence-electron chi connectivity index (χ2n) is 8.70. The first-order chi connectivity index (χ1) is 16.5. The number of carbonyl (C=O) groups excluding carboxylic acids is 2. The predicted molar refractivity (Wildman–Crippen MR) is 134 cm³/mol. The van der Waals surface area contributed by atoms with E-state index >= 15 is 0 Å². The highest BCUT2D eigenvalue weighted by atomic mass is 32.2. The molecule has 0 spiro atoms. The molecule has 1 aromatic heterocycles. The molecule has 2 heterocycles. The second kappa shape index (κ2) is 9.16. The first-order valence-electron chi connectivity index (χ1n) is 11.0. The Morgan fingerprint density at radius 3 is 2.46 bits per heavy atom. The number of anilines is 2. The zero-order valence-electron chi connectivity index (χ0n) is 19.9. The van der Waals surface area contributed by atoms with Gasteiger partial charge in [-0.3, -0.25) is 14.4 Å². The van der Waals surface area contributed by atoms with Gasteiger partial charge in [0, 0.05) is 50.3 Å². The SMILES string of the molecule is Cc1cc(=O)[nH]c2ccc(NC(=O)c3cc(S(=O)(=O)N(C)C)ccc3N(C)C3CCNC3=O)cc12. The van der Waals surface area contributed by atoms with Crippen LogP contribution >= 0.6 is 0 Å². The molecular weight excluding hydrogens is 470 g/mol. The molecular formula is C24H27N5O5S. The van der Waals surface area contributed by atoms with Crippen molar-refractivity contribution in [3.63, 3.8) is 0 Å². The van der Waals surface area contributed by atoms with Crippen LogP contribution in [0.1, 0.15) is 22.3 Å². The van der Waals surface area contributed by atoms with Crippen LogP contribution in [0.3, 0.4) is 0 Å². The summed E-state index contributed by atoms with van der Waals surface area (Å²) in [6.07, 6.45) is 0.566. The van der Waals surface area contributed by atoms with Gasteiger partial charge >= 0.3 is 0 Å². The smallest absolute Gasteiger partial charge is 0.257 e. The highest BCUT2D eigenvalue weighted by molar-refractivity contribution is 7.89. The third-order valence-electron chi connectivity index (χ3n) is 6.17. The fourth-order valence-electron chi connectivity index (χ4n) is 4.19. The molecule has 0 aliphatic carbocycles. The number of aromatic amines is 1. The molecule has 2 amide bonds. The van der Waals surface area contributed by atoms with Crippen molar-refractivity contribution in [2.45, 2.75) is 24.3 Å². The van der Waals surface area contributed by atoms with Gasteiger partial charge in [-0.05, 0) is 55.3 Å². The molecule has 3 N–H and O–H groups in total. The summed E-state index contributed by atoms with van der Waals surface area (Å²) >= 11 is 0. The number of likely N-dealkylation sites (N-methyl/N-ethyl adjacent to an activating group) is 1. The largest absolute Gasteiger partial charge is 0.362 e. The van der Waals surface area contributed by atoms with E-state index in [0.29, 0.717) is 29.9 Å². The average Bonchev–Trinajstić information content (AvgIpc) is 3.24. The van der Waals surface area contributed by atoms with E-state index in [9.17, 15) is 22.8 Å². The van der Waals surface area contributed by atoms with Crippen LogP contribution in [0.5, 0.6) is 0 Å². The molecule has 1 fully saturated rings. The Morgan fingerprint density at radius 2 is 1.80 bits per heavy atom. The van der Waals surface area contributed by atoms with Crippen LogP contribution in [0.4, 0.5) is 11.4 Å². The lowest BCUT2D eigenvalue weighted by Crippen LogP contribution is -2.39. The second-order valence-corrected chi connectivity index (χ2v) is 10.9. The number of pyridine rings is 1. The van der Waals surface area contributed by atoms with Gasteiger partial charge in [-0.2, -0.15) is 0 Å². The molecule has 1 aliphatic rings. The first-order valence-corrected chi connectivity index (χ1v) is 12.4. The Bertz CT molecular complexity index is 1500. The summed E-state index contributed by atoms with van der Waals surface area (Å²) in [4.78, 5) is 41.9. The zero-order chi connectivity index (χ0) is 25.5. The Kier molecular flexibility index (Phi) is 6.39. The summed E-state index contributed by atoms with van der Waals surface area (Å²) < 4.78 is 26.6. The quantitative estimate of drug-likeness (QED) is 0.475. The molecule has 184 valence electrons. The third-order valence-corrected chi connectivity index (χ3v) is 7.98. The molecule has 1 saturated heterocycles. The summed E-state index contributed by atoms with van der Waals surface area (Å²) in [6, 6.07) is 10.4. The van der Waals surface area contributed by atoms with E-state index in [1.807, 2.05) is 0 Å². The molecule has 10 nitrogen and oxygen atoms in total. The van der Waals surface area contributed by atoms with Crippen LogP contribution in [-0.2, 0) is 14.8 Å². The normalized spacial score (nSPS) is 15.9. The van der Waals surface area contributed by atoms with Crippen LogP contribution < -0.4 is 21.1 Å². The summed E-state index contributed by atoms with van der Waals surface area (Å²) in [7, 11) is 0.744. The molecule has 0 bridgehead atoms. The monoisotopic (exact) mass is 497 g/mol. The number of sulfonamides is 1. The van der Waals surface area contributed by atoms with E-state index in [2.05, 4.69) is 15.6 Å². The van der Waals surface area contributed by atoms with Gasteiger partial charge in [0.15, 0.2) is 0 Å². The maximum atomic E-state index is 13.5. The highest BCUT2D eigenvalue weighted by Crippen LogP contribution is 2.29. The van der Waals surface area contributed by atoms with Crippen molar-refractivity contribution in [2.75, 3.05) is 37.9 Å². The molecule has 0 saturated carbocycles. The van der Waals surface area contributed by atoms with Crippen molar-refractivity contribution in [1.82, 2.24) is 14.6 Å². The fraction of sp³-hybridized carbons (Fsp3) is 0.292. The molecule has 1 aliphatic heterocycles. The standard InChI is InChI=1S/C24H27N5O5S/c1-14-11-22(30)27-19-7-5-15(12-17(14)19)26-23(31)18-13-16(35(33,34)28(2)3)6-8-20(18)29(4)21-9-10-25-24(21)32/h5-8,11-13,21H,9-10H2,1-4H3,(H,25,32)(H,26,31)(H,27,30). The van der Waals surface area contributed by atoms with Gasteiger partial charge in [-0.25, -0.2) is 12.7 Å². The van der Waals surface area contributed by atoms with Crippen LogP contribution in [0.25, 0.3) is 10.9 Å².